The summed E-state index contributed by atoms with van der Waals surface area (Å²) in [5.41, 5.74) is 1.75. The highest BCUT2D eigenvalue weighted by atomic mass is 35.5. The minimum absolute atomic E-state index is 0.0915. The van der Waals surface area contributed by atoms with Gasteiger partial charge in [0.25, 0.3) is 5.91 Å². The van der Waals surface area contributed by atoms with Crippen LogP contribution < -0.4 is 10.6 Å². The van der Waals surface area contributed by atoms with E-state index in [9.17, 15) is 9.18 Å². The van der Waals surface area contributed by atoms with E-state index >= 15 is 0 Å². The number of anilines is 1. The Morgan fingerprint density at radius 3 is 2.48 bits per heavy atom. The zero-order chi connectivity index (χ0) is 19.1. The molecule has 27 heavy (non-hydrogen) atoms. The molecule has 0 saturated carbocycles. The topological polar surface area (TPSA) is 66.9 Å². The normalized spacial score (nSPS) is 10.4. The Morgan fingerprint density at radius 2 is 1.78 bits per heavy atom. The van der Waals surface area contributed by atoms with Gasteiger partial charge < -0.3 is 10.6 Å². The molecular weight excluding hydrogens is 367 g/mol. The Bertz CT molecular complexity index is 901. The van der Waals surface area contributed by atoms with Crippen molar-refractivity contribution in [2.24, 2.45) is 0 Å². The maximum atomic E-state index is 13.6. The lowest BCUT2D eigenvalue weighted by Crippen LogP contribution is -2.24. The highest BCUT2D eigenvalue weighted by Crippen LogP contribution is 2.10. The standard InChI is InChI=1S/C20H18ClFN4O/c21-16-7-5-14(6-8-16)11-12-23-19-10-9-18(25-26-19)20(27)24-13-15-3-1-2-4-17(15)22/h1-10H,11-13H2,(H,23,26)(H,24,27). The Hall–Kier alpha value is -2.99. The Morgan fingerprint density at radius 1 is 1.00 bits per heavy atom. The zero-order valence-corrected chi connectivity index (χ0v) is 15.2. The van der Waals surface area contributed by atoms with Crippen LogP contribution in [-0.4, -0.2) is 22.6 Å². The predicted octanol–water partition coefficient (Wildman–Crippen LogP) is 3.85. The van der Waals surface area contributed by atoms with Gasteiger partial charge in [0.05, 0.1) is 0 Å². The summed E-state index contributed by atoms with van der Waals surface area (Å²) in [5, 5.41) is 14.4. The molecule has 138 valence electrons. The summed E-state index contributed by atoms with van der Waals surface area (Å²) in [4.78, 5) is 12.1. The SMILES string of the molecule is O=C(NCc1ccccc1F)c1ccc(NCCc2ccc(Cl)cc2)nn1. The molecule has 0 atom stereocenters. The van der Waals surface area contributed by atoms with Crippen LogP contribution in [0.2, 0.25) is 5.02 Å². The first-order valence-electron chi connectivity index (χ1n) is 8.45. The third-order valence-corrected chi connectivity index (χ3v) is 4.18. The molecule has 0 unspecified atom stereocenters. The third-order valence-electron chi connectivity index (χ3n) is 3.93. The summed E-state index contributed by atoms with van der Waals surface area (Å²) in [6.07, 6.45) is 0.809. The highest BCUT2D eigenvalue weighted by Gasteiger charge is 2.09. The summed E-state index contributed by atoms with van der Waals surface area (Å²) >= 11 is 5.86. The number of aromatic nitrogens is 2. The minimum atomic E-state index is -0.404. The van der Waals surface area contributed by atoms with E-state index in [0.29, 0.717) is 22.9 Å². The number of benzene rings is 2. The lowest BCUT2D eigenvalue weighted by atomic mass is 10.1. The van der Waals surface area contributed by atoms with Crippen LogP contribution in [-0.2, 0) is 13.0 Å². The smallest absolute Gasteiger partial charge is 0.272 e. The molecule has 2 N–H and O–H groups in total. The minimum Gasteiger partial charge on any atom is -0.368 e. The molecule has 1 heterocycles. The second-order valence-corrected chi connectivity index (χ2v) is 6.32. The Kier molecular flexibility index (Phi) is 6.33. The van der Waals surface area contributed by atoms with Crippen molar-refractivity contribution in [3.05, 3.63) is 88.3 Å². The summed E-state index contributed by atoms with van der Waals surface area (Å²) in [6.45, 7) is 0.767. The molecule has 3 aromatic rings. The number of amides is 1. The van der Waals surface area contributed by atoms with Crippen LogP contribution in [0.1, 0.15) is 21.6 Å². The first kappa shape index (κ1) is 18.8. The molecule has 3 rings (SSSR count). The molecule has 2 aromatic carbocycles. The number of carbonyl (C=O) groups excluding carboxylic acids is 1. The van der Waals surface area contributed by atoms with E-state index in [0.717, 1.165) is 12.0 Å². The molecule has 0 bridgehead atoms. The van der Waals surface area contributed by atoms with Crippen molar-refractivity contribution in [2.45, 2.75) is 13.0 Å². The van der Waals surface area contributed by atoms with Gasteiger partial charge in [-0.3, -0.25) is 4.79 Å². The maximum Gasteiger partial charge on any atom is 0.272 e. The molecule has 0 aliphatic heterocycles. The molecule has 1 aromatic heterocycles. The number of nitrogens with one attached hydrogen (secondary N) is 2. The van der Waals surface area contributed by atoms with E-state index in [2.05, 4.69) is 20.8 Å². The number of rotatable bonds is 7. The number of hydrogen-bond donors (Lipinski definition) is 2. The second kappa shape index (κ2) is 9.09. The molecule has 7 heteroatoms. The van der Waals surface area contributed by atoms with Crippen LogP contribution in [0.5, 0.6) is 0 Å². The molecular formula is C20H18ClFN4O. The van der Waals surface area contributed by atoms with Gasteiger partial charge in [-0.15, -0.1) is 10.2 Å². The van der Waals surface area contributed by atoms with Crippen molar-refractivity contribution < 1.29 is 9.18 Å². The number of halogens is 2. The Labute approximate surface area is 161 Å². The van der Waals surface area contributed by atoms with Crippen molar-refractivity contribution >= 4 is 23.3 Å². The Balaban J connectivity index is 1.48. The lowest BCUT2D eigenvalue weighted by Gasteiger charge is -2.07. The first-order valence-corrected chi connectivity index (χ1v) is 8.83. The van der Waals surface area contributed by atoms with Crippen LogP contribution in [0.25, 0.3) is 0 Å². The van der Waals surface area contributed by atoms with Gasteiger partial charge in [-0.1, -0.05) is 41.9 Å². The van der Waals surface area contributed by atoms with Crippen molar-refractivity contribution in [1.82, 2.24) is 15.5 Å². The highest BCUT2D eigenvalue weighted by molar-refractivity contribution is 6.30. The van der Waals surface area contributed by atoms with Gasteiger partial charge in [0.1, 0.15) is 11.6 Å². The van der Waals surface area contributed by atoms with E-state index in [1.807, 2.05) is 24.3 Å². The fraction of sp³-hybridized carbons (Fsp3) is 0.150. The van der Waals surface area contributed by atoms with E-state index < -0.39 is 5.91 Å². The molecule has 0 fully saturated rings. The average molecular weight is 385 g/mol. The summed E-state index contributed by atoms with van der Waals surface area (Å²) in [5.74, 6) is -0.183. The van der Waals surface area contributed by atoms with E-state index in [-0.39, 0.29) is 18.1 Å². The fourth-order valence-electron chi connectivity index (χ4n) is 2.44. The molecule has 0 radical (unpaired) electrons. The van der Waals surface area contributed by atoms with Crippen LogP contribution in [0.4, 0.5) is 10.2 Å². The van der Waals surface area contributed by atoms with Crippen LogP contribution >= 0.6 is 11.6 Å². The quantitative estimate of drug-likeness (QED) is 0.649. The molecule has 5 nitrogen and oxygen atoms in total. The van der Waals surface area contributed by atoms with Gasteiger partial charge in [-0.05, 0) is 42.3 Å². The molecule has 0 saturated heterocycles. The van der Waals surface area contributed by atoms with E-state index in [4.69, 9.17) is 11.6 Å². The van der Waals surface area contributed by atoms with Gasteiger partial charge >= 0.3 is 0 Å². The van der Waals surface area contributed by atoms with Gasteiger partial charge in [0, 0.05) is 23.7 Å². The molecule has 0 aliphatic rings. The summed E-state index contributed by atoms with van der Waals surface area (Å²) < 4.78 is 13.6. The van der Waals surface area contributed by atoms with E-state index in [1.54, 1.807) is 30.3 Å². The maximum absolute atomic E-state index is 13.6. The van der Waals surface area contributed by atoms with Gasteiger partial charge in [-0.25, -0.2) is 4.39 Å². The van der Waals surface area contributed by atoms with Gasteiger partial charge in [-0.2, -0.15) is 0 Å². The summed E-state index contributed by atoms with van der Waals surface area (Å²) in [7, 11) is 0. The molecule has 1 amide bonds. The summed E-state index contributed by atoms with van der Waals surface area (Å²) in [6, 6.07) is 17.2. The average Bonchev–Trinajstić information content (AvgIpc) is 2.69. The first-order chi connectivity index (χ1) is 13.1. The monoisotopic (exact) mass is 384 g/mol. The van der Waals surface area contributed by atoms with Crippen molar-refractivity contribution in [1.29, 1.82) is 0 Å². The van der Waals surface area contributed by atoms with Crippen LogP contribution in [0, 0.1) is 5.82 Å². The fourth-order valence-corrected chi connectivity index (χ4v) is 2.57. The lowest BCUT2D eigenvalue weighted by molar-refractivity contribution is 0.0944. The van der Waals surface area contributed by atoms with Crippen LogP contribution in [0.15, 0.2) is 60.7 Å². The number of carbonyl (C=O) groups is 1. The van der Waals surface area contributed by atoms with Gasteiger partial charge in [0.2, 0.25) is 0 Å². The number of nitrogens with zero attached hydrogens (tertiary/aromatic N) is 2. The predicted molar refractivity (Wildman–Crippen MR) is 103 cm³/mol. The number of hydrogen-bond acceptors (Lipinski definition) is 4. The van der Waals surface area contributed by atoms with Gasteiger partial charge in [0.15, 0.2) is 5.69 Å². The molecule has 0 aliphatic carbocycles. The van der Waals surface area contributed by atoms with Crippen LogP contribution in [0.3, 0.4) is 0 Å². The third kappa shape index (κ3) is 5.49. The van der Waals surface area contributed by atoms with Crippen molar-refractivity contribution in [3.8, 4) is 0 Å². The molecule has 0 spiro atoms. The second-order valence-electron chi connectivity index (χ2n) is 5.88. The zero-order valence-electron chi connectivity index (χ0n) is 14.5. The van der Waals surface area contributed by atoms with Crippen molar-refractivity contribution in [3.63, 3.8) is 0 Å². The largest absolute Gasteiger partial charge is 0.368 e. The van der Waals surface area contributed by atoms with E-state index in [1.165, 1.54) is 6.07 Å². The van der Waals surface area contributed by atoms with Crippen molar-refractivity contribution in [2.75, 3.05) is 11.9 Å².